The third-order valence-electron chi connectivity index (χ3n) is 5.18. The molecule has 3 aromatic rings. The second-order valence-corrected chi connectivity index (χ2v) is 9.07. The number of ether oxygens (including phenoxy) is 2. The maximum Gasteiger partial charge on any atom is 0.261 e. The van der Waals surface area contributed by atoms with Crippen LogP contribution in [0.1, 0.15) is 16.8 Å². The first kappa shape index (κ1) is 22.3. The van der Waals surface area contributed by atoms with E-state index in [1.165, 1.54) is 11.3 Å². The molecule has 0 atom stereocenters. The molecular weight excluding hydrogens is 457 g/mol. The summed E-state index contributed by atoms with van der Waals surface area (Å²) in [5.74, 6) is 0.521. The van der Waals surface area contributed by atoms with Gasteiger partial charge in [-0.3, -0.25) is 14.6 Å². The number of anilines is 1. The predicted octanol–water partition coefficient (Wildman–Crippen LogP) is 4.98. The van der Waals surface area contributed by atoms with Gasteiger partial charge in [-0.1, -0.05) is 34.5 Å². The minimum atomic E-state index is -0.208. The topological polar surface area (TPSA) is 54.9 Å². The third kappa shape index (κ3) is 5.30. The molecule has 1 amide bonds. The molecule has 0 unspecified atom stereocenters. The molecule has 1 aliphatic rings. The number of morpholine rings is 1. The highest BCUT2D eigenvalue weighted by atomic mass is 35.5. The smallest absolute Gasteiger partial charge is 0.261 e. The molecule has 164 valence electrons. The highest BCUT2D eigenvalue weighted by Crippen LogP contribution is 2.33. The van der Waals surface area contributed by atoms with Crippen LogP contribution in [-0.2, 0) is 4.74 Å². The molecule has 0 aliphatic carbocycles. The number of hydrogen-bond acceptors (Lipinski definition) is 6. The van der Waals surface area contributed by atoms with Crippen molar-refractivity contribution in [3.05, 3.63) is 52.0 Å². The summed E-state index contributed by atoms with van der Waals surface area (Å²) in [6.45, 7) is 4.73. The van der Waals surface area contributed by atoms with Crippen molar-refractivity contribution in [2.24, 2.45) is 0 Å². The van der Waals surface area contributed by atoms with Gasteiger partial charge in [-0.05, 0) is 36.8 Å². The van der Waals surface area contributed by atoms with E-state index < -0.39 is 0 Å². The van der Waals surface area contributed by atoms with Crippen LogP contribution in [0.5, 0.6) is 5.75 Å². The molecule has 31 heavy (non-hydrogen) atoms. The van der Waals surface area contributed by atoms with Gasteiger partial charge in [-0.25, -0.2) is 4.98 Å². The number of fused-ring (bicyclic) bond motifs is 1. The van der Waals surface area contributed by atoms with Crippen LogP contribution in [0.4, 0.5) is 5.13 Å². The van der Waals surface area contributed by atoms with Crippen molar-refractivity contribution in [1.82, 2.24) is 9.88 Å². The summed E-state index contributed by atoms with van der Waals surface area (Å²) in [5, 5.41) is 1.47. The largest absolute Gasteiger partial charge is 0.497 e. The summed E-state index contributed by atoms with van der Waals surface area (Å²) < 4.78 is 11.7. The molecule has 6 nitrogen and oxygen atoms in total. The number of benzene rings is 2. The lowest BCUT2D eigenvalue weighted by Gasteiger charge is -2.27. The maximum absolute atomic E-state index is 13.5. The monoisotopic (exact) mass is 479 g/mol. The van der Waals surface area contributed by atoms with E-state index in [4.69, 9.17) is 37.7 Å². The summed E-state index contributed by atoms with van der Waals surface area (Å²) >= 11 is 13.9. The predicted molar refractivity (Wildman–Crippen MR) is 126 cm³/mol. The summed E-state index contributed by atoms with van der Waals surface area (Å²) in [4.78, 5) is 22.3. The Bertz CT molecular complexity index is 1070. The number of rotatable bonds is 7. The Balaban J connectivity index is 1.61. The Labute approximate surface area is 195 Å². The molecule has 1 fully saturated rings. The highest BCUT2D eigenvalue weighted by Gasteiger charge is 2.24. The van der Waals surface area contributed by atoms with E-state index in [9.17, 15) is 4.79 Å². The normalized spacial score (nSPS) is 14.7. The van der Waals surface area contributed by atoms with Crippen molar-refractivity contribution in [3.63, 3.8) is 0 Å². The van der Waals surface area contributed by atoms with Crippen molar-refractivity contribution in [3.8, 4) is 5.75 Å². The van der Waals surface area contributed by atoms with E-state index in [1.807, 2.05) is 18.2 Å². The van der Waals surface area contributed by atoms with Crippen molar-refractivity contribution in [2.45, 2.75) is 6.42 Å². The van der Waals surface area contributed by atoms with E-state index in [0.29, 0.717) is 27.3 Å². The fourth-order valence-electron chi connectivity index (χ4n) is 3.51. The fourth-order valence-corrected chi connectivity index (χ4v) is 4.85. The van der Waals surface area contributed by atoms with Crippen LogP contribution >= 0.6 is 34.5 Å². The van der Waals surface area contributed by atoms with Gasteiger partial charge in [-0.2, -0.15) is 0 Å². The van der Waals surface area contributed by atoms with Crippen LogP contribution in [0.25, 0.3) is 10.2 Å². The molecule has 0 saturated carbocycles. The summed E-state index contributed by atoms with van der Waals surface area (Å²) in [5.41, 5.74) is 1.17. The van der Waals surface area contributed by atoms with E-state index in [-0.39, 0.29) is 5.91 Å². The van der Waals surface area contributed by atoms with Gasteiger partial charge in [0.1, 0.15) is 5.75 Å². The molecule has 0 spiro atoms. The molecule has 9 heteroatoms. The first-order valence-electron chi connectivity index (χ1n) is 10.1. The molecule has 1 aliphatic heterocycles. The summed E-state index contributed by atoms with van der Waals surface area (Å²) in [6.07, 6.45) is 0.809. The van der Waals surface area contributed by atoms with Gasteiger partial charge in [0.05, 0.1) is 41.1 Å². The molecule has 0 bridgehead atoms. The molecule has 1 saturated heterocycles. The van der Waals surface area contributed by atoms with E-state index in [1.54, 1.807) is 30.2 Å². The average molecular weight is 480 g/mol. The Kier molecular flexibility index (Phi) is 7.30. The van der Waals surface area contributed by atoms with Crippen LogP contribution in [0.3, 0.4) is 0 Å². The van der Waals surface area contributed by atoms with Gasteiger partial charge < -0.3 is 9.47 Å². The van der Waals surface area contributed by atoms with E-state index in [0.717, 1.165) is 55.2 Å². The molecular formula is C22H23Cl2N3O3S. The highest BCUT2D eigenvalue weighted by molar-refractivity contribution is 7.22. The lowest BCUT2D eigenvalue weighted by molar-refractivity contribution is 0.0376. The number of carbonyl (C=O) groups excluding carboxylic acids is 1. The maximum atomic E-state index is 13.5. The van der Waals surface area contributed by atoms with Gasteiger partial charge in [0.25, 0.3) is 5.91 Å². The summed E-state index contributed by atoms with van der Waals surface area (Å²) in [7, 11) is 1.62. The van der Waals surface area contributed by atoms with Crippen LogP contribution in [0.15, 0.2) is 36.4 Å². The number of amides is 1. The zero-order valence-electron chi connectivity index (χ0n) is 17.1. The average Bonchev–Trinajstić information content (AvgIpc) is 3.21. The van der Waals surface area contributed by atoms with Crippen molar-refractivity contribution in [2.75, 3.05) is 51.4 Å². The second kappa shape index (κ2) is 10.1. The van der Waals surface area contributed by atoms with Gasteiger partial charge in [0.15, 0.2) is 5.13 Å². The SMILES string of the molecule is COc1ccc2sc(N(CCCN3CCOCC3)C(=O)c3cc(Cl)ccc3Cl)nc2c1. The Morgan fingerprint density at radius 1 is 1.23 bits per heavy atom. The van der Waals surface area contributed by atoms with Gasteiger partial charge >= 0.3 is 0 Å². The molecule has 2 aromatic carbocycles. The third-order valence-corrected chi connectivity index (χ3v) is 6.80. The Morgan fingerprint density at radius 3 is 2.81 bits per heavy atom. The zero-order valence-corrected chi connectivity index (χ0v) is 19.5. The second-order valence-electron chi connectivity index (χ2n) is 7.22. The molecule has 0 radical (unpaired) electrons. The first-order chi connectivity index (χ1) is 15.0. The van der Waals surface area contributed by atoms with Crippen LogP contribution in [0, 0.1) is 0 Å². The van der Waals surface area contributed by atoms with Crippen molar-refractivity contribution in [1.29, 1.82) is 0 Å². The lowest BCUT2D eigenvalue weighted by Crippen LogP contribution is -2.39. The fraction of sp³-hybridized carbons (Fsp3) is 0.364. The number of carbonyl (C=O) groups is 1. The van der Waals surface area contributed by atoms with Gasteiger partial charge in [0, 0.05) is 37.3 Å². The lowest BCUT2D eigenvalue weighted by atomic mass is 10.2. The minimum absolute atomic E-state index is 0.208. The minimum Gasteiger partial charge on any atom is -0.497 e. The van der Waals surface area contributed by atoms with Crippen LogP contribution in [0.2, 0.25) is 10.0 Å². The number of thiazole rings is 1. The number of nitrogens with zero attached hydrogens (tertiary/aromatic N) is 3. The number of hydrogen-bond donors (Lipinski definition) is 0. The first-order valence-corrected chi connectivity index (χ1v) is 11.6. The van der Waals surface area contributed by atoms with E-state index in [2.05, 4.69) is 4.90 Å². The Hall–Kier alpha value is -1.90. The van der Waals surface area contributed by atoms with E-state index >= 15 is 0 Å². The van der Waals surface area contributed by atoms with Crippen LogP contribution in [-0.4, -0.2) is 62.3 Å². The number of halogens is 2. The Morgan fingerprint density at radius 2 is 2.03 bits per heavy atom. The number of methoxy groups -OCH3 is 1. The quantitative estimate of drug-likeness (QED) is 0.478. The van der Waals surface area contributed by atoms with Crippen molar-refractivity contribution >= 4 is 55.8 Å². The molecule has 2 heterocycles. The van der Waals surface area contributed by atoms with Crippen LogP contribution < -0.4 is 9.64 Å². The molecule has 0 N–H and O–H groups in total. The molecule has 4 rings (SSSR count). The number of aromatic nitrogens is 1. The summed E-state index contributed by atoms with van der Waals surface area (Å²) in [6, 6.07) is 10.6. The van der Waals surface area contributed by atoms with Gasteiger partial charge in [0.2, 0.25) is 0 Å². The van der Waals surface area contributed by atoms with Gasteiger partial charge in [-0.15, -0.1) is 0 Å². The zero-order chi connectivity index (χ0) is 21.8. The molecule has 1 aromatic heterocycles. The standard InChI is InChI=1S/C22H23Cl2N3O3S/c1-29-16-4-6-20-19(14-16)25-22(31-20)27(8-2-7-26-9-11-30-12-10-26)21(28)17-13-15(23)3-5-18(17)24/h3-6,13-14H,2,7-12H2,1H3. The van der Waals surface area contributed by atoms with Crippen molar-refractivity contribution < 1.29 is 14.3 Å².